The number of non-ortho nitro benzene ring substituents is 1. The highest BCUT2D eigenvalue weighted by Crippen LogP contribution is 2.21. The Kier molecular flexibility index (Phi) is 5.19. The van der Waals surface area contributed by atoms with Gasteiger partial charge in [0.05, 0.1) is 26.1 Å². The van der Waals surface area contributed by atoms with Crippen LogP contribution in [-0.4, -0.2) is 19.6 Å². The van der Waals surface area contributed by atoms with E-state index < -0.39 is 14.9 Å². The van der Waals surface area contributed by atoms with E-state index in [9.17, 15) is 18.5 Å². The van der Waals surface area contributed by atoms with Gasteiger partial charge in [-0.05, 0) is 29.8 Å². The lowest BCUT2D eigenvalue weighted by atomic mass is 10.2. The lowest BCUT2D eigenvalue weighted by molar-refractivity contribution is -0.384. The Bertz CT molecular complexity index is 867. The van der Waals surface area contributed by atoms with Crippen molar-refractivity contribution in [1.29, 1.82) is 0 Å². The number of halogens is 2. The number of rotatable bonds is 5. The molecule has 0 unspecified atom stereocenters. The van der Waals surface area contributed by atoms with Crippen LogP contribution in [0.2, 0.25) is 10.0 Å². The van der Waals surface area contributed by atoms with E-state index >= 15 is 0 Å². The summed E-state index contributed by atoms with van der Waals surface area (Å²) in [7, 11) is -3.92. The van der Waals surface area contributed by atoms with Gasteiger partial charge in [-0.3, -0.25) is 10.1 Å². The van der Waals surface area contributed by atoms with Gasteiger partial charge in [0.15, 0.2) is 0 Å². The van der Waals surface area contributed by atoms with Gasteiger partial charge < -0.3 is 0 Å². The molecule has 23 heavy (non-hydrogen) atoms. The van der Waals surface area contributed by atoms with Crippen molar-refractivity contribution in [1.82, 2.24) is 4.83 Å². The van der Waals surface area contributed by atoms with Crippen LogP contribution in [0.4, 0.5) is 5.69 Å². The molecule has 10 heteroatoms. The second-order valence-electron chi connectivity index (χ2n) is 4.28. The third-order valence-corrected chi connectivity index (χ3v) is 4.67. The molecule has 0 aromatic heterocycles. The maximum atomic E-state index is 12.0. The van der Waals surface area contributed by atoms with Crippen LogP contribution < -0.4 is 4.83 Å². The van der Waals surface area contributed by atoms with Gasteiger partial charge >= 0.3 is 0 Å². The summed E-state index contributed by atoms with van der Waals surface area (Å²) in [5, 5.41) is 14.8. The Morgan fingerprint density at radius 1 is 1.09 bits per heavy atom. The summed E-state index contributed by atoms with van der Waals surface area (Å²) < 4.78 is 24.0. The van der Waals surface area contributed by atoms with Gasteiger partial charge in [-0.15, -0.1) is 0 Å². The summed E-state index contributed by atoms with van der Waals surface area (Å²) in [6.45, 7) is 0. The molecule has 120 valence electrons. The summed E-state index contributed by atoms with van der Waals surface area (Å²) >= 11 is 11.6. The van der Waals surface area contributed by atoms with Gasteiger partial charge in [0.25, 0.3) is 15.7 Å². The van der Waals surface area contributed by atoms with Crippen LogP contribution in [0.25, 0.3) is 0 Å². The minimum atomic E-state index is -3.92. The molecule has 0 atom stereocenters. The summed E-state index contributed by atoms with van der Waals surface area (Å²) in [6, 6.07) is 9.11. The van der Waals surface area contributed by atoms with Crippen LogP contribution in [0.3, 0.4) is 0 Å². The molecule has 0 aliphatic heterocycles. The molecule has 1 N–H and O–H groups in total. The number of nitro benzene ring substituents is 1. The van der Waals surface area contributed by atoms with E-state index in [0.29, 0.717) is 15.6 Å². The van der Waals surface area contributed by atoms with Crippen LogP contribution in [0.5, 0.6) is 0 Å². The second kappa shape index (κ2) is 6.95. The Morgan fingerprint density at radius 3 is 2.30 bits per heavy atom. The number of hydrazone groups is 1. The predicted octanol–water partition coefficient (Wildman–Crippen LogP) is 3.21. The molecule has 0 fully saturated rings. The van der Waals surface area contributed by atoms with Crippen molar-refractivity contribution >= 4 is 45.1 Å². The molecule has 0 heterocycles. The SMILES string of the molecule is O=[N+]([O-])c1ccc(S(=O)(=O)N/N=C/c2ccc(Cl)c(Cl)c2)cc1. The van der Waals surface area contributed by atoms with E-state index in [0.717, 1.165) is 24.3 Å². The first-order valence-electron chi connectivity index (χ1n) is 6.04. The average molecular weight is 374 g/mol. The van der Waals surface area contributed by atoms with Crippen molar-refractivity contribution in [3.05, 3.63) is 68.2 Å². The highest BCUT2D eigenvalue weighted by atomic mass is 35.5. The third-order valence-electron chi connectivity index (χ3n) is 2.69. The molecule has 2 aromatic rings. The van der Waals surface area contributed by atoms with E-state index in [1.54, 1.807) is 12.1 Å². The zero-order valence-corrected chi connectivity index (χ0v) is 13.6. The topological polar surface area (TPSA) is 102 Å². The van der Waals surface area contributed by atoms with Crippen LogP contribution in [0.1, 0.15) is 5.56 Å². The highest BCUT2D eigenvalue weighted by molar-refractivity contribution is 7.89. The maximum absolute atomic E-state index is 12.0. The fraction of sp³-hybridized carbons (Fsp3) is 0. The van der Waals surface area contributed by atoms with Gasteiger partial charge in [0, 0.05) is 12.1 Å². The number of hydrogen-bond donors (Lipinski definition) is 1. The van der Waals surface area contributed by atoms with Crippen LogP contribution in [0, 0.1) is 10.1 Å². The van der Waals surface area contributed by atoms with Gasteiger partial charge in [0.1, 0.15) is 0 Å². The van der Waals surface area contributed by atoms with Crippen molar-refractivity contribution in [2.75, 3.05) is 0 Å². The molecule has 0 radical (unpaired) electrons. The number of benzene rings is 2. The molecule has 2 rings (SSSR count). The van der Waals surface area contributed by atoms with Gasteiger partial charge in [-0.25, -0.2) is 4.83 Å². The lowest BCUT2D eigenvalue weighted by Gasteiger charge is -2.03. The van der Waals surface area contributed by atoms with Crippen molar-refractivity contribution in [3.63, 3.8) is 0 Å². The Labute approximate surface area is 141 Å². The Balaban J connectivity index is 2.13. The second-order valence-corrected chi connectivity index (χ2v) is 6.75. The van der Waals surface area contributed by atoms with Gasteiger partial charge in [0.2, 0.25) is 0 Å². The van der Waals surface area contributed by atoms with Crippen LogP contribution in [-0.2, 0) is 10.0 Å². The number of nitrogens with zero attached hydrogens (tertiary/aromatic N) is 2. The Hall–Kier alpha value is -2.16. The molecular formula is C13H9Cl2N3O4S. The summed E-state index contributed by atoms with van der Waals surface area (Å²) in [5.74, 6) is 0. The number of nitro groups is 1. The molecule has 0 aliphatic rings. The maximum Gasteiger partial charge on any atom is 0.276 e. The lowest BCUT2D eigenvalue weighted by Crippen LogP contribution is -2.18. The molecular weight excluding hydrogens is 365 g/mol. The molecule has 0 aliphatic carbocycles. The summed E-state index contributed by atoms with van der Waals surface area (Å²) in [5.41, 5.74) is 0.342. The zero-order valence-electron chi connectivity index (χ0n) is 11.3. The highest BCUT2D eigenvalue weighted by Gasteiger charge is 2.14. The summed E-state index contributed by atoms with van der Waals surface area (Å²) in [4.78, 5) is 11.8. The first-order valence-corrected chi connectivity index (χ1v) is 8.28. The fourth-order valence-corrected chi connectivity index (χ4v) is 2.66. The van der Waals surface area contributed by atoms with E-state index in [-0.39, 0.29) is 10.6 Å². The number of sulfonamides is 1. The molecule has 0 saturated carbocycles. The van der Waals surface area contributed by atoms with Gasteiger partial charge in [-0.2, -0.15) is 13.5 Å². The first kappa shape index (κ1) is 17.2. The predicted molar refractivity (Wildman–Crippen MR) is 87.5 cm³/mol. The molecule has 2 aromatic carbocycles. The van der Waals surface area contributed by atoms with Crippen molar-refractivity contribution < 1.29 is 13.3 Å². The van der Waals surface area contributed by atoms with E-state index in [2.05, 4.69) is 5.10 Å². The Morgan fingerprint density at radius 2 is 1.74 bits per heavy atom. The minimum absolute atomic E-state index is 0.144. The van der Waals surface area contributed by atoms with Gasteiger partial charge in [-0.1, -0.05) is 29.3 Å². The molecule has 0 saturated heterocycles. The van der Waals surface area contributed by atoms with E-state index in [1.165, 1.54) is 12.3 Å². The normalized spacial score (nSPS) is 11.6. The zero-order chi connectivity index (χ0) is 17.0. The standard InChI is InChI=1S/C13H9Cl2N3O4S/c14-12-6-1-9(7-13(12)15)8-16-17-23(21,22)11-4-2-10(3-5-11)18(19)20/h1-8,17H/b16-8+. The molecule has 0 spiro atoms. The van der Waals surface area contributed by atoms with Crippen molar-refractivity contribution in [2.24, 2.45) is 5.10 Å². The largest absolute Gasteiger partial charge is 0.276 e. The number of nitrogens with one attached hydrogen (secondary N) is 1. The molecule has 0 amide bonds. The minimum Gasteiger partial charge on any atom is -0.258 e. The van der Waals surface area contributed by atoms with Crippen LogP contribution >= 0.6 is 23.2 Å². The molecule has 0 bridgehead atoms. The smallest absolute Gasteiger partial charge is 0.258 e. The summed E-state index contributed by atoms with van der Waals surface area (Å²) in [6.07, 6.45) is 1.26. The van der Waals surface area contributed by atoms with Crippen molar-refractivity contribution in [2.45, 2.75) is 4.90 Å². The van der Waals surface area contributed by atoms with Crippen LogP contribution in [0.15, 0.2) is 52.5 Å². The number of hydrogen-bond acceptors (Lipinski definition) is 5. The quantitative estimate of drug-likeness (QED) is 0.493. The van der Waals surface area contributed by atoms with Crippen molar-refractivity contribution in [3.8, 4) is 0 Å². The third kappa shape index (κ3) is 4.41. The fourth-order valence-electron chi connectivity index (χ4n) is 1.56. The first-order chi connectivity index (χ1) is 10.8. The molecule has 7 nitrogen and oxygen atoms in total. The average Bonchev–Trinajstić information content (AvgIpc) is 2.51. The van der Waals surface area contributed by atoms with E-state index in [1.807, 2.05) is 4.83 Å². The monoisotopic (exact) mass is 373 g/mol. The van der Waals surface area contributed by atoms with E-state index in [4.69, 9.17) is 23.2 Å².